The number of nitrogens with two attached hydrogens (primary N) is 1. The molecule has 2 fully saturated rings. The number of cyclic esters (lactones) is 1. The first-order valence-corrected chi connectivity index (χ1v) is 8.62. The number of hydrogen-bond donors (Lipinski definition) is 1. The molecule has 4 atom stereocenters. The highest BCUT2D eigenvalue weighted by molar-refractivity contribution is 5.76. The Morgan fingerprint density at radius 3 is 2.65 bits per heavy atom. The molecule has 0 radical (unpaired) electrons. The van der Waals surface area contributed by atoms with Gasteiger partial charge in [-0.2, -0.15) is 0 Å². The molecule has 132 valence electrons. The molecule has 2 N–H and O–H groups in total. The Balaban J connectivity index is 2.09. The molecule has 6 nitrogen and oxygen atoms in total. The maximum Gasteiger partial charge on any atom is 0.325 e. The van der Waals surface area contributed by atoms with E-state index in [-0.39, 0.29) is 37.1 Å². The Bertz CT molecular complexity index is 421. The van der Waals surface area contributed by atoms with Crippen molar-refractivity contribution in [1.29, 1.82) is 0 Å². The molecule has 0 spiro atoms. The highest BCUT2D eigenvalue weighted by Gasteiger charge is 2.38. The number of rotatable bonds is 5. The predicted octanol–water partition coefficient (Wildman–Crippen LogP) is 1.65. The van der Waals surface area contributed by atoms with Crippen molar-refractivity contribution >= 4 is 11.9 Å². The first-order chi connectivity index (χ1) is 10.9. The molecular formula is C17H29NO5. The van der Waals surface area contributed by atoms with E-state index in [1.165, 1.54) is 0 Å². The molecule has 23 heavy (non-hydrogen) atoms. The van der Waals surface area contributed by atoms with Crippen molar-refractivity contribution in [3.63, 3.8) is 0 Å². The minimum absolute atomic E-state index is 0.0356. The highest BCUT2D eigenvalue weighted by atomic mass is 16.6. The van der Waals surface area contributed by atoms with Crippen LogP contribution in [0.15, 0.2) is 0 Å². The average molecular weight is 327 g/mol. The third-order valence-electron chi connectivity index (χ3n) is 4.52. The van der Waals surface area contributed by atoms with Crippen molar-refractivity contribution in [2.75, 3.05) is 13.2 Å². The molecule has 2 rings (SSSR count). The second-order valence-electron chi connectivity index (χ2n) is 7.17. The van der Waals surface area contributed by atoms with Crippen LogP contribution in [-0.4, -0.2) is 43.4 Å². The van der Waals surface area contributed by atoms with Crippen molar-refractivity contribution in [3.8, 4) is 0 Å². The van der Waals surface area contributed by atoms with Gasteiger partial charge in [0.05, 0.1) is 19.1 Å². The van der Waals surface area contributed by atoms with Crippen LogP contribution in [0, 0.1) is 17.8 Å². The first-order valence-electron chi connectivity index (χ1n) is 8.62. The molecule has 0 bridgehead atoms. The van der Waals surface area contributed by atoms with Gasteiger partial charge in [0.25, 0.3) is 0 Å². The third kappa shape index (κ3) is 5.46. The second-order valence-corrected chi connectivity index (χ2v) is 7.17. The van der Waals surface area contributed by atoms with Crippen LogP contribution in [0.5, 0.6) is 0 Å². The molecule has 1 heterocycles. The van der Waals surface area contributed by atoms with Crippen LogP contribution in [0.2, 0.25) is 0 Å². The number of ether oxygens (including phenoxy) is 3. The standard InChI is InChI=1S/C17H29NO5/c1-10(2)4-7-13-11(3)22-17(20)14(18)8-21-9-15(13)23-16(19)12-5-6-12/h10-15H,4-9,18H2,1-3H3. The lowest BCUT2D eigenvalue weighted by Crippen LogP contribution is -2.40. The van der Waals surface area contributed by atoms with Gasteiger partial charge in [0, 0.05) is 5.92 Å². The Morgan fingerprint density at radius 1 is 1.35 bits per heavy atom. The van der Waals surface area contributed by atoms with Gasteiger partial charge in [0.15, 0.2) is 0 Å². The van der Waals surface area contributed by atoms with Crippen molar-refractivity contribution in [2.45, 2.75) is 64.7 Å². The summed E-state index contributed by atoms with van der Waals surface area (Å²) < 4.78 is 16.7. The molecule has 1 saturated heterocycles. The predicted molar refractivity (Wildman–Crippen MR) is 84.5 cm³/mol. The summed E-state index contributed by atoms with van der Waals surface area (Å²) in [5.41, 5.74) is 5.74. The lowest BCUT2D eigenvalue weighted by Gasteiger charge is -2.30. The molecule has 0 amide bonds. The molecule has 1 aliphatic carbocycles. The smallest absolute Gasteiger partial charge is 0.325 e. The zero-order chi connectivity index (χ0) is 17.0. The maximum atomic E-state index is 12.1. The lowest BCUT2D eigenvalue weighted by atomic mass is 9.89. The van der Waals surface area contributed by atoms with Gasteiger partial charge in [0.1, 0.15) is 18.2 Å². The Kier molecular flexibility index (Phi) is 6.41. The zero-order valence-corrected chi connectivity index (χ0v) is 14.3. The summed E-state index contributed by atoms with van der Waals surface area (Å²) in [6, 6.07) is -0.791. The van der Waals surface area contributed by atoms with Crippen molar-refractivity contribution < 1.29 is 23.8 Å². The van der Waals surface area contributed by atoms with Crippen molar-refractivity contribution in [2.24, 2.45) is 23.5 Å². The van der Waals surface area contributed by atoms with E-state index in [0.717, 1.165) is 25.7 Å². The van der Waals surface area contributed by atoms with Crippen LogP contribution in [-0.2, 0) is 23.8 Å². The summed E-state index contributed by atoms with van der Waals surface area (Å²) in [4.78, 5) is 24.0. The Labute approximate surface area is 138 Å². The van der Waals surface area contributed by atoms with Gasteiger partial charge in [-0.3, -0.25) is 9.59 Å². The fraction of sp³-hybridized carbons (Fsp3) is 0.882. The Hall–Kier alpha value is -1.14. The van der Waals surface area contributed by atoms with E-state index in [1.54, 1.807) is 0 Å². The monoisotopic (exact) mass is 327 g/mol. The van der Waals surface area contributed by atoms with E-state index in [0.29, 0.717) is 5.92 Å². The summed E-state index contributed by atoms with van der Waals surface area (Å²) in [5, 5.41) is 0. The van der Waals surface area contributed by atoms with Gasteiger partial charge in [-0.25, -0.2) is 0 Å². The van der Waals surface area contributed by atoms with Crippen LogP contribution in [0.1, 0.15) is 46.5 Å². The molecule has 1 saturated carbocycles. The number of carbonyl (C=O) groups is 2. The van der Waals surface area contributed by atoms with Gasteiger partial charge in [-0.1, -0.05) is 20.3 Å². The topological polar surface area (TPSA) is 87.8 Å². The van der Waals surface area contributed by atoms with E-state index >= 15 is 0 Å². The quantitative estimate of drug-likeness (QED) is 0.773. The molecule has 0 aromatic rings. The Morgan fingerprint density at radius 2 is 2.04 bits per heavy atom. The van der Waals surface area contributed by atoms with Crippen LogP contribution < -0.4 is 5.73 Å². The van der Waals surface area contributed by atoms with Gasteiger partial charge >= 0.3 is 11.9 Å². The van der Waals surface area contributed by atoms with E-state index < -0.39 is 18.1 Å². The molecule has 0 aromatic carbocycles. The normalized spacial score (nSPS) is 32.7. The zero-order valence-electron chi connectivity index (χ0n) is 14.3. The van der Waals surface area contributed by atoms with Gasteiger partial charge in [-0.15, -0.1) is 0 Å². The SMILES string of the molecule is CC(C)CCC1C(C)OC(=O)C(N)COCC1OC(=O)C1CC1. The first kappa shape index (κ1) is 18.2. The van der Waals surface area contributed by atoms with Crippen LogP contribution in [0.4, 0.5) is 0 Å². The molecule has 4 unspecified atom stereocenters. The molecule has 2 aliphatic rings. The van der Waals surface area contributed by atoms with Crippen LogP contribution in [0.25, 0.3) is 0 Å². The maximum absolute atomic E-state index is 12.1. The molecule has 0 aromatic heterocycles. The van der Waals surface area contributed by atoms with Crippen molar-refractivity contribution in [3.05, 3.63) is 0 Å². The average Bonchev–Trinajstić information content (AvgIpc) is 3.30. The lowest BCUT2D eigenvalue weighted by molar-refractivity contribution is -0.163. The minimum atomic E-state index is -0.791. The summed E-state index contributed by atoms with van der Waals surface area (Å²) in [7, 11) is 0. The largest absolute Gasteiger partial charge is 0.461 e. The van der Waals surface area contributed by atoms with Gasteiger partial charge in [-0.05, 0) is 32.1 Å². The van der Waals surface area contributed by atoms with E-state index in [4.69, 9.17) is 19.9 Å². The second kappa shape index (κ2) is 8.11. The summed E-state index contributed by atoms with van der Waals surface area (Å²) >= 11 is 0. The number of esters is 2. The number of hydrogen-bond acceptors (Lipinski definition) is 6. The third-order valence-corrected chi connectivity index (χ3v) is 4.52. The van der Waals surface area contributed by atoms with Crippen LogP contribution in [0.3, 0.4) is 0 Å². The van der Waals surface area contributed by atoms with E-state index in [2.05, 4.69) is 13.8 Å². The van der Waals surface area contributed by atoms with Crippen LogP contribution >= 0.6 is 0 Å². The van der Waals surface area contributed by atoms with E-state index in [1.807, 2.05) is 6.92 Å². The summed E-state index contributed by atoms with van der Waals surface area (Å²) in [6.45, 7) is 6.47. The number of carbonyl (C=O) groups excluding carboxylic acids is 2. The molecule has 6 heteroatoms. The molecular weight excluding hydrogens is 298 g/mol. The molecule has 1 aliphatic heterocycles. The fourth-order valence-corrected chi connectivity index (χ4v) is 2.80. The van der Waals surface area contributed by atoms with Gasteiger partial charge < -0.3 is 19.9 Å². The van der Waals surface area contributed by atoms with Crippen molar-refractivity contribution in [1.82, 2.24) is 0 Å². The summed E-state index contributed by atoms with van der Waals surface area (Å²) in [6.07, 6.45) is 2.83. The highest BCUT2D eigenvalue weighted by Crippen LogP contribution is 2.32. The minimum Gasteiger partial charge on any atom is -0.461 e. The summed E-state index contributed by atoms with van der Waals surface area (Å²) in [5.74, 6) is -0.132. The van der Waals surface area contributed by atoms with E-state index in [9.17, 15) is 9.59 Å². The van der Waals surface area contributed by atoms with Gasteiger partial charge in [0.2, 0.25) is 0 Å². The fourth-order valence-electron chi connectivity index (χ4n) is 2.80.